The largest absolute Gasteiger partial charge is 0.506 e. The van der Waals surface area contributed by atoms with Crippen LogP contribution in [-0.2, 0) is 6.18 Å². The molecule has 0 fully saturated rings. The molecule has 3 rings (SSSR count). The Bertz CT molecular complexity index is 983. The molecule has 2 aromatic carbocycles. The molecule has 0 atom stereocenters. The summed E-state index contributed by atoms with van der Waals surface area (Å²) in [5.41, 5.74) is 0.816. The van der Waals surface area contributed by atoms with Crippen LogP contribution < -0.4 is 5.32 Å². The van der Waals surface area contributed by atoms with Crippen LogP contribution in [0.25, 0.3) is 10.2 Å². The predicted octanol–water partition coefficient (Wildman–Crippen LogP) is 4.79. The molecular formula is C18H13F3N2OS. The number of hydrogen-bond donors (Lipinski definition) is 2. The molecule has 2 N–H and O–H groups in total. The van der Waals surface area contributed by atoms with Gasteiger partial charge in [-0.15, -0.1) is 11.3 Å². The lowest BCUT2D eigenvalue weighted by Crippen LogP contribution is -2.06. The predicted molar refractivity (Wildman–Crippen MR) is 92.8 cm³/mol. The van der Waals surface area contributed by atoms with Crippen LogP contribution in [0.2, 0.25) is 0 Å². The highest BCUT2D eigenvalue weighted by Crippen LogP contribution is 2.31. The average Bonchev–Trinajstić information content (AvgIpc) is 2.92. The van der Waals surface area contributed by atoms with Crippen molar-refractivity contribution in [2.24, 2.45) is 0 Å². The number of fused-ring (bicyclic) bond motifs is 1. The van der Waals surface area contributed by atoms with Gasteiger partial charge in [0.05, 0.1) is 21.8 Å². The van der Waals surface area contributed by atoms with Crippen molar-refractivity contribution in [1.82, 2.24) is 4.98 Å². The number of aryl methyl sites for hydroxylation is 1. The number of phenols is 1. The van der Waals surface area contributed by atoms with Crippen LogP contribution in [0.5, 0.6) is 5.75 Å². The van der Waals surface area contributed by atoms with Gasteiger partial charge in [0.15, 0.2) is 0 Å². The van der Waals surface area contributed by atoms with Crippen LogP contribution in [0.4, 0.5) is 18.9 Å². The zero-order chi connectivity index (χ0) is 18.0. The summed E-state index contributed by atoms with van der Waals surface area (Å²) in [6, 6.07) is 8.31. The van der Waals surface area contributed by atoms with Crippen molar-refractivity contribution < 1.29 is 18.3 Å². The van der Waals surface area contributed by atoms with E-state index in [1.54, 1.807) is 6.07 Å². The number of thiazole rings is 1. The maximum atomic E-state index is 12.7. The maximum absolute atomic E-state index is 12.7. The molecule has 0 amide bonds. The number of rotatable bonds is 2. The van der Waals surface area contributed by atoms with Gasteiger partial charge in [-0.3, -0.25) is 0 Å². The summed E-state index contributed by atoms with van der Waals surface area (Å²) >= 11 is 1.46. The van der Waals surface area contributed by atoms with Crippen LogP contribution in [0.15, 0.2) is 36.4 Å². The first-order valence-electron chi connectivity index (χ1n) is 7.33. The lowest BCUT2D eigenvalue weighted by atomic mass is 10.2. The Kier molecular flexibility index (Phi) is 4.55. The van der Waals surface area contributed by atoms with E-state index < -0.39 is 11.7 Å². The summed E-state index contributed by atoms with van der Waals surface area (Å²) in [7, 11) is 0. The van der Waals surface area contributed by atoms with Gasteiger partial charge < -0.3 is 10.4 Å². The molecule has 0 unspecified atom stereocenters. The summed E-state index contributed by atoms with van der Waals surface area (Å²) in [5, 5.41) is 13.6. The minimum Gasteiger partial charge on any atom is -0.506 e. The fourth-order valence-corrected chi connectivity index (χ4v) is 3.18. The van der Waals surface area contributed by atoms with E-state index in [4.69, 9.17) is 0 Å². The average molecular weight is 362 g/mol. The van der Waals surface area contributed by atoms with E-state index in [0.717, 1.165) is 21.8 Å². The smallest absolute Gasteiger partial charge is 0.416 e. The van der Waals surface area contributed by atoms with Gasteiger partial charge in [0, 0.05) is 11.3 Å². The molecular weight excluding hydrogens is 349 g/mol. The number of nitrogens with zero attached hydrogens (tertiary/aromatic N) is 1. The third kappa shape index (κ3) is 4.03. The summed E-state index contributed by atoms with van der Waals surface area (Å²) in [6.07, 6.45) is -4.37. The second kappa shape index (κ2) is 6.65. The summed E-state index contributed by atoms with van der Waals surface area (Å²) in [5.74, 6) is 5.79. The van der Waals surface area contributed by atoms with Crippen LogP contribution in [0.1, 0.15) is 16.1 Å². The Balaban J connectivity index is 1.71. The summed E-state index contributed by atoms with van der Waals surface area (Å²) in [6.45, 7) is 2.04. The molecule has 3 aromatic rings. The summed E-state index contributed by atoms with van der Waals surface area (Å²) in [4.78, 5) is 4.23. The Morgan fingerprint density at radius 1 is 1.24 bits per heavy atom. The van der Waals surface area contributed by atoms with Crippen LogP contribution in [0.3, 0.4) is 0 Å². The monoisotopic (exact) mass is 362 g/mol. The molecule has 3 nitrogen and oxygen atoms in total. The van der Waals surface area contributed by atoms with E-state index in [-0.39, 0.29) is 12.3 Å². The van der Waals surface area contributed by atoms with E-state index in [2.05, 4.69) is 22.1 Å². The van der Waals surface area contributed by atoms with Gasteiger partial charge >= 0.3 is 6.18 Å². The van der Waals surface area contributed by atoms with Gasteiger partial charge in [-0.25, -0.2) is 4.98 Å². The minimum absolute atomic E-state index is 0.0667. The number of hydrogen-bond acceptors (Lipinski definition) is 4. The van der Waals surface area contributed by atoms with Crippen LogP contribution >= 0.6 is 11.3 Å². The molecule has 0 spiro atoms. The fourth-order valence-electron chi connectivity index (χ4n) is 2.29. The number of halogens is 3. The number of benzene rings is 2. The number of aromatic nitrogens is 1. The minimum atomic E-state index is -4.37. The Labute approximate surface area is 146 Å². The molecule has 0 aliphatic carbocycles. The molecule has 25 heavy (non-hydrogen) atoms. The quantitative estimate of drug-likeness (QED) is 0.644. The number of anilines is 1. The topological polar surface area (TPSA) is 45.2 Å². The Hall–Kier alpha value is -2.72. The number of phenolic OH excluding ortho intramolecular Hbond substituents is 1. The van der Waals surface area contributed by atoms with E-state index in [9.17, 15) is 18.3 Å². The molecule has 1 aromatic heterocycles. The first-order valence-corrected chi connectivity index (χ1v) is 8.15. The van der Waals surface area contributed by atoms with Gasteiger partial charge in [-0.1, -0.05) is 17.9 Å². The Morgan fingerprint density at radius 3 is 2.80 bits per heavy atom. The van der Waals surface area contributed by atoms with Gasteiger partial charge in [0.2, 0.25) is 0 Å². The standard InChI is InChI=1S/C18H13F3N2OS/c1-11-23-17-15(24)8-12(9-16(17)25-11)4-3-7-22-14-6-2-5-13(10-14)18(19,20)21/h2,5-6,8-10,22,24H,7H2,1H3. The number of aromatic hydroxyl groups is 1. The molecule has 0 bridgehead atoms. The van der Waals surface area contributed by atoms with E-state index >= 15 is 0 Å². The van der Waals surface area contributed by atoms with Crippen molar-refractivity contribution in [1.29, 1.82) is 0 Å². The van der Waals surface area contributed by atoms with E-state index in [1.165, 1.54) is 23.5 Å². The van der Waals surface area contributed by atoms with E-state index in [1.807, 2.05) is 13.0 Å². The van der Waals surface area contributed by atoms with E-state index in [0.29, 0.717) is 16.8 Å². The maximum Gasteiger partial charge on any atom is 0.416 e. The van der Waals surface area contributed by atoms with Gasteiger partial charge in [0.25, 0.3) is 0 Å². The molecule has 0 aliphatic heterocycles. The van der Waals surface area contributed by atoms with Crippen molar-refractivity contribution in [2.75, 3.05) is 11.9 Å². The zero-order valence-electron chi connectivity index (χ0n) is 13.1. The third-order valence-electron chi connectivity index (χ3n) is 3.39. The second-order valence-electron chi connectivity index (χ2n) is 5.31. The fraction of sp³-hybridized carbons (Fsp3) is 0.167. The summed E-state index contributed by atoms with van der Waals surface area (Å²) < 4.78 is 38.8. The molecule has 1 heterocycles. The van der Waals surface area contributed by atoms with Crippen molar-refractivity contribution >= 4 is 27.2 Å². The first kappa shape index (κ1) is 17.1. The second-order valence-corrected chi connectivity index (χ2v) is 6.54. The lowest BCUT2D eigenvalue weighted by Gasteiger charge is -2.08. The zero-order valence-corrected chi connectivity index (χ0v) is 13.9. The van der Waals surface area contributed by atoms with Crippen molar-refractivity contribution in [3.05, 3.63) is 52.5 Å². The van der Waals surface area contributed by atoms with Crippen molar-refractivity contribution in [3.8, 4) is 17.6 Å². The normalized spacial score (nSPS) is 11.2. The molecule has 7 heteroatoms. The molecule has 0 radical (unpaired) electrons. The highest BCUT2D eigenvalue weighted by Gasteiger charge is 2.30. The molecule has 0 saturated carbocycles. The lowest BCUT2D eigenvalue weighted by molar-refractivity contribution is -0.137. The molecule has 128 valence electrons. The van der Waals surface area contributed by atoms with Crippen LogP contribution in [0, 0.1) is 18.8 Å². The third-order valence-corrected chi connectivity index (χ3v) is 4.30. The highest BCUT2D eigenvalue weighted by atomic mass is 32.1. The SMILES string of the molecule is Cc1nc2c(O)cc(C#CCNc3cccc(C(F)(F)F)c3)cc2s1. The van der Waals surface area contributed by atoms with Gasteiger partial charge in [0.1, 0.15) is 11.3 Å². The number of nitrogens with one attached hydrogen (secondary N) is 1. The highest BCUT2D eigenvalue weighted by molar-refractivity contribution is 7.18. The van der Waals surface area contributed by atoms with Crippen molar-refractivity contribution in [3.63, 3.8) is 0 Å². The van der Waals surface area contributed by atoms with Gasteiger partial charge in [-0.05, 0) is 37.3 Å². The first-order chi connectivity index (χ1) is 11.8. The molecule has 0 saturated heterocycles. The Morgan fingerprint density at radius 2 is 2.04 bits per heavy atom. The van der Waals surface area contributed by atoms with Crippen molar-refractivity contribution in [2.45, 2.75) is 13.1 Å². The number of alkyl halides is 3. The molecule has 0 aliphatic rings. The van der Waals surface area contributed by atoms with Crippen LogP contribution in [-0.4, -0.2) is 16.6 Å². The van der Waals surface area contributed by atoms with Gasteiger partial charge in [-0.2, -0.15) is 13.2 Å².